The predicted molar refractivity (Wildman–Crippen MR) is 86.9 cm³/mol. The van der Waals surface area contributed by atoms with Crippen molar-refractivity contribution in [1.29, 1.82) is 0 Å². The smallest absolute Gasteiger partial charge is 0.0332 e. The third-order valence-electron chi connectivity index (χ3n) is 5.14. The Morgan fingerprint density at radius 3 is 2.35 bits per heavy atom. The first-order valence-electron chi connectivity index (χ1n) is 8.05. The summed E-state index contributed by atoms with van der Waals surface area (Å²) in [5.41, 5.74) is 10.6. The SMILES string of the molecule is Cc1ccc(C)c(CN(C)C2(CN)CCCCCC2)c1. The minimum Gasteiger partial charge on any atom is -0.329 e. The Hall–Kier alpha value is -0.860. The number of rotatable bonds is 4. The average Bonchev–Trinajstić information content (AvgIpc) is 2.69. The van der Waals surface area contributed by atoms with Crippen molar-refractivity contribution in [3.63, 3.8) is 0 Å². The van der Waals surface area contributed by atoms with Gasteiger partial charge in [-0.25, -0.2) is 0 Å². The number of aryl methyl sites for hydroxylation is 2. The van der Waals surface area contributed by atoms with Crippen molar-refractivity contribution in [2.75, 3.05) is 13.6 Å². The molecule has 0 bridgehead atoms. The van der Waals surface area contributed by atoms with Gasteiger partial charge in [0.25, 0.3) is 0 Å². The summed E-state index contributed by atoms with van der Waals surface area (Å²) in [7, 11) is 2.26. The Labute approximate surface area is 124 Å². The van der Waals surface area contributed by atoms with E-state index in [0.29, 0.717) is 0 Å². The molecule has 2 rings (SSSR count). The second-order valence-electron chi connectivity index (χ2n) is 6.63. The summed E-state index contributed by atoms with van der Waals surface area (Å²) >= 11 is 0. The summed E-state index contributed by atoms with van der Waals surface area (Å²) in [5.74, 6) is 0. The zero-order valence-corrected chi connectivity index (χ0v) is 13.4. The van der Waals surface area contributed by atoms with Crippen LogP contribution in [0, 0.1) is 13.8 Å². The van der Waals surface area contributed by atoms with E-state index >= 15 is 0 Å². The molecule has 20 heavy (non-hydrogen) atoms. The van der Waals surface area contributed by atoms with Gasteiger partial charge in [0.2, 0.25) is 0 Å². The topological polar surface area (TPSA) is 29.3 Å². The van der Waals surface area contributed by atoms with Gasteiger partial charge < -0.3 is 5.73 Å². The lowest BCUT2D eigenvalue weighted by molar-refractivity contribution is 0.0995. The van der Waals surface area contributed by atoms with Gasteiger partial charge in [0.15, 0.2) is 0 Å². The first-order chi connectivity index (χ1) is 9.57. The van der Waals surface area contributed by atoms with Crippen LogP contribution in [0.25, 0.3) is 0 Å². The van der Waals surface area contributed by atoms with E-state index in [0.717, 1.165) is 13.1 Å². The molecule has 1 aromatic carbocycles. The molecule has 0 unspecified atom stereocenters. The maximum Gasteiger partial charge on any atom is 0.0332 e. The summed E-state index contributed by atoms with van der Waals surface area (Å²) in [6, 6.07) is 6.76. The average molecular weight is 274 g/mol. The molecule has 0 saturated heterocycles. The highest BCUT2D eigenvalue weighted by Crippen LogP contribution is 2.32. The first kappa shape index (κ1) is 15.5. The van der Waals surface area contributed by atoms with E-state index in [1.165, 1.54) is 55.2 Å². The number of nitrogens with two attached hydrogens (primary N) is 1. The molecule has 2 heteroatoms. The largest absolute Gasteiger partial charge is 0.329 e. The first-order valence-corrected chi connectivity index (χ1v) is 8.05. The minimum absolute atomic E-state index is 0.215. The molecule has 0 amide bonds. The molecule has 0 aromatic heterocycles. The lowest BCUT2D eigenvalue weighted by Crippen LogP contribution is -2.51. The Balaban J connectivity index is 2.16. The molecule has 0 radical (unpaired) electrons. The van der Waals surface area contributed by atoms with Crippen LogP contribution in [0.2, 0.25) is 0 Å². The van der Waals surface area contributed by atoms with E-state index in [1.807, 2.05) is 0 Å². The molecule has 1 aromatic rings. The van der Waals surface area contributed by atoms with Gasteiger partial charge in [0.1, 0.15) is 0 Å². The molecule has 0 atom stereocenters. The van der Waals surface area contributed by atoms with E-state index in [2.05, 4.69) is 44.0 Å². The fraction of sp³-hybridized carbons (Fsp3) is 0.667. The van der Waals surface area contributed by atoms with Gasteiger partial charge in [0, 0.05) is 18.6 Å². The third kappa shape index (κ3) is 3.42. The number of benzene rings is 1. The summed E-state index contributed by atoms with van der Waals surface area (Å²) in [6.45, 7) is 6.19. The third-order valence-corrected chi connectivity index (χ3v) is 5.14. The quantitative estimate of drug-likeness (QED) is 0.847. The molecule has 1 saturated carbocycles. The molecule has 112 valence electrons. The van der Waals surface area contributed by atoms with E-state index in [-0.39, 0.29) is 5.54 Å². The maximum absolute atomic E-state index is 6.19. The monoisotopic (exact) mass is 274 g/mol. The normalized spacial score (nSPS) is 19.1. The van der Waals surface area contributed by atoms with Gasteiger partial charge in [0.05, 0.1) is 0 Å². The van der Waals surface area contributed by atoms with Crippen molar-refractivity contribution in [2.24, 2.45) is 5.73 Å². The van der Waals surface area contributed by atoms with Crippen molar-refractivity contribution < 1.29 is 0 Å². The maximum atomic E-state index is 6.19. The van der Waals surface area contributed by atoms with Crippen LogP contribution in [0.1, 0.15) is 55.2 Å². The van der Waals surface area contributed by atoms with Crippen LogP contribution < -0.4 is 5.73 Å². The van der Waals surface area contributed by atoms with Crippen LogP contribution in [-0.4, -0.2) is 24.0 Å². The molecule has 1 fully saturated rings. The lowest BCUT2D eigenvalue weighted by atomic mass is 9.88. The summed E-state index contributed by atoms with van der Waals surface area (Å²) in [6.07, 6.45) is 7.91. The second-order valence-corrected chi connectivity index (χ2v) is 6.63. The van der Waals surface area contributed by atoms with Gasteiger partial charge in [-0.05, 0) is 44.9 Å². The number of hydrogen-bond acceptors (Lipinski definition) is 2. The van der Waals surface area contributed by atoms with E-state index in [9.17, 15) is 0 Å². The predicted octanol–water partition coefficient (Wildman–Crippen LogP) is 3.79. The molecule has 1 aliphatic carbocycles. The molecule has 1 aliphatic rings. The Bertz CT molecular complexity index is 431. The summed E-state index contributed by atoms with van der Waals surface area (Å²) in [4.78, 5) is 2.53. The number of nitrogens with zero attached hydrogens (tertiary/aromatic N) is 1. The Morgan fingerprint density at radius 2 is 1.75 bits per heavy atom. The van der Waals surface area contributed by atoms with Crippen LogP contribution in [0.3, 0.4) is 0 Å². The molecular formula is C18H30N2. The number of hydrogen-bond donors (Lipinski definition) is 1. The van der Waals surface area contributed by atoms with Gasteiger partial charge in [-0.15, -0.1) is 0 Å². The van der Waals surface area contributed by atoms with E-state index in [4.69, 9.17) is 5.73 Å². The number of likely N-dealkylation sites (N-methyl/N-ethyl adjacent to an activating group) is 1. The van der Waals surface area contributed by atoms with Crippen LogP contribution in [-0.2, 0) is 6.54 Å². The summed E-state index contributed by atoms with van der Waals surface area (Å²) < 4.78 is 0. The van der Waals surface area contributed by atoms with Crippen molar-refractivity contribution in [3.05, 3.63) is 34.9 Å². The van der Waals surface area contributed by atoms with Gasteiger partial charge in [-0.2, -0.15) is 0 Å². The minimum atomic E-state index is 0.215. The van der Waals surface area contributed by atoms with Crippen LogP contribution >= 0.6 is 0 Å². The van der Waals surface area contributed by atoms with Crippen LogP contribution in [0.4, 0.5) is 0 Å². The molecule has 2 nitrogen and oxygen atoms in total. The van der Waals surface area contributed by atoms with Crippen LogP contribution in [0.15, 0.2) is 18.2 Å². The van der Waals surface area contributed by atoms with Gasteiger partial charge >= 0.3 is 0 Å². The van der Waals surface area contributed by atoms with Crippen molar-refractivity contribution in [1.82, 2.24) is 4.90 Å². The zero-order valence-electron chi connectivity index (χ0n) is 13.4. The fourth-order valence-electron chi connectivity index (χ4n) is 3.52. The van der Waals surface area contributed by atoms with Crippen molar-refractivity contribution in [3.8, 4) is 0 Å². The van der Waals surface area contributed by atoms with E-state index < -0.39 is 0 Å². The van der Waals surface area contributed by atoms with Crippen LogP contribution in [0.5, 0.6) is 0 Å². The molecule has 0 aliphatic heterocycles. The molecular weight excluding hydrogens is 244 g/mol. The molecule has 0 heterocycles. The molecule has 2 N–H and O–H groups in total. The Kier molecular flexibility index (Phi) is 5.22. The van der Waals surface area contributed by atoms with Crippen molar-refractivity contribution in [2.45, 2.75) is 64.5 Å². The van der Waals surface area contributed by atoms with Gasteiger partial charge in [-0.1, -0.05) is 49.4 Å². The summed E-state index contributed by atoms with van der Waals surface area (Å²) in [5, 5.41) is 0. The Morgan fingerprint density at radius 1 is 1.10 bits per heavy atom. The van der Waals surface area contributed by atoms with E-state index in [1.54, 1.807) is 0 Å². The van der Waals surface area contributed by atoms with Gasteiger partial charge in [-0.3, -0.25) is 4.90 Å². The second kappa shape index (κ2) is 6.73. The fourth-order valence-corrected chi connectivity index (χ4v) is 3.52. The highest BCUT2D eigenvalue weighted by molar-refractivity contribution is 5.30. The molecule has 0 spiro atoms. The standard InChI is InChI=1S/C18H30N2/c1-15-8-9-16(2)17(12-15)13-20(3)18(14-19)10-6-4-5-7-11-18/h8-9,12H,4-7,10-11,13-14,19H2,1-3H3. The lowest BCUT2D eigenvalue weighted by Gasteiger charge is -2.41. The highest BCUT2D eigenvalue weighted by atomic mass is 15.2. The zero-order chi connectivity index (χ0) is 14.6. The van der Waals surface area contributed by atoms with Crippen molar-refractivity contribution >= 4 is 0 Å². The highest BCUT2D eigenvalue weighted by Gasteiger charge is 2.33.